The molecule has 0 saturated carbocycles. The van der Waals surface area contributed by atoms with Crippen molar-refractivity contribution in [1.29, 1.82) is 0 Å². The van der Waals surface area contributed by atoms with Crippen LogP contribution in [0, 0.1) is 0 Å². The van der Waals surface area contributed by atoms with E-state index in [4.69, 9.17) is 23.5 Å². The Labute approximate surface area is 375 Å². The SMILES string of the molecule is CC/C=C\C/C=C\C/C=C\C/C=C\C/C=C\CCCCCCCC(=O)OC(COCCCCCCCC/C=C\CCCCCC)COC1OC(CO)C(O)C(OS(=O)(=O)O)C1O. The van der Waals surface area contributed by atoms with Crippen molar-refractivity contribution in [2.75, 3.05) is 26.4 Å². The summed E-state index contributed by atoms with van der Waals surface area (Å²) in [7, 11) is -5.07. The minimum atomic E-state index is -5.07. The molecule has 1 aliphatic rings. The standard InChI is InChI=1S/C49H84O12S/c1-3-5-7-9-11-13-15-17-19-20-21-22-23-24-25-26-28-30-32-34-36-38-45(51)59-43(41-57-39-37-35-33-31-29-27-18-16-14-12-10-8-6-4-2)42-58-49-47(53)48(61-62(54,55)56)46(52)44(40-50)60-49/h5,7,11,13-14,16-17,19,21-22,24-25,43-44,46-50,52-53H,3-4,6,8-10,12,15,18,20,23,26-42H2,1-2H3,(H,54,55,56)/b7-5-,13-11-,16-14-,19-17-,22-21-,25-24-. The Balaban J connectivity index is 2.43. The zero-order valence-corrected chi connectivity index (χ0v) is 39.0. The van der Waals surface area contributed by atoms with Gasteiger partial charge in [0, 0.05) is 13.0 Å². The van der Waals surface area contributed by atoms with Crippen LogP contribution >= 0.6 is 0 Å². The van der Waals surface area contributed by atoms with Crippen LogP contribution in [-0.4, -0.2) is 97.5 Å². The third-order valence-electron chi connectivity index (χ3n) is 10.3. The van der Waals surface area contributed by atoms with E-state index < -0.39 is 59.8 Å². The average Bonchev–Trinajstić information content (AvgIpc) is 3.24. The third kappa shape index (κ3) is 33.1. The monoisotopic (exact) mass is 897 g/mol. The predicted molar refractivity (Wildman–Crippen MR) is 248 cm³/mol. The molecule has 0 aromatic heterocycles. The Bertz CT molecular complexity index is 1360. The highest BCUT2D eigenvalue weighted by atomic mass is 32.3. The van der Waals surface area contributed by atoms with Gasteiger partial charge in [0.05, 0.1) is 19.8 Å². The summed E-state index contributed by atoms with van der Waals surface area (Å²) in [5, 5.41) is 30.7. The fourth-order valence-corrected chi connectivity index (χ4v) is 7.26. The molecule has 0 radical (unpaired) electrons. The molecule has 0 aromatic carbocycles. The third-order valence-corrected chi connectivity index (χ3v) is 10.8. The van der Waals surface area contributed by atoms with Crippen LogP contribution in [0.2, 0.25) is 0 Å². The number of carbonyl (C=O) groups excluding carboxylic acids is 1. The van der Waals surface area contributed by atoms with Gasteiger partial charge in [0.25, 0.3) is 0 Å². The predicted octanol–water partition coefficient (Wildman–Crippen LogP) is 10.3. The quantitative estimate of drug-likeness (QED) is 0.0198. The van der Waals surface area contributed by atoms with E-state index in [0.717, 1.165) is 96.3 Å². The van der Waals surface area contributed by atoms with Crippen LogP contribution < -0.4 is 0 Å². The average molecular weight is 897 g/mol. The Hall–Kier alpha value is -2.46. The van der Waals surface area contributed by atoms with E-state index in [1.54, 1.807) is 0 Å². The maximum Gasteiger partial charge on any atom is 0.397 e. The van der Waals surface area contributed by atoms with E-state index in [2.05, 4.69) is 90.9 Å². The number of aliphatic hydroxyl groups excluding tert-OH is 3. The number of esters is 1. The molecule has 1 saturated heterocycles. The Morgan fingerprint density at radius 1 is 0.629 bits per heavy atom. The van der Waals surface area contributed by atoms with E-state index in [-0.39, 0.29) is 19.6 Å². The highest BCUT2D eigenvalue weighted by molar-refractivity contribution is 7.80. The molecule has 358 valence electrons. The number of allylic oxidation sites excluding steroid dienone is 12. The molecule has 0 aliphatic carbocycles. The summed E-state index contributed by atoms with van der Waals surface area (Å²) in [6, 6.07) is 0. The molecule has 0 bridgehead atoms. The molecule has 13 heteroatoms. The molecular formula is C49H84O12S. The van der Waals surface area contributed by atoms with Crippen LogP contribution in [0.5, 0.6) is 0 Å². The van der Waals surface area contributed by atoms with Crippen LogP contribution in [0.1, 0.15) is 168 Å². The van der Waals surface area contributed by atoms with Crippen molar-refractivity contribution >= 4 is 16.4 Å². The van der Waals surface area contributed by atoms with Crippen molar-refractivity contribution < 1.29 is 56.2 Å². The lowest BCUT2D eigenvalue weighted by molar-refractivity contribution is -0.301. The first-order chi connectivity index (χ1) is 30.1. The summed E-state index contributed by atoms with van der Waals surface area (Å²) in [4.78, 5) is 12.9. The summed E-state index contributed by atoms with van der Waals surface area (Å²) >= 11 is 0. The van der Waals surface area contributed by atoms with Gasteiger partial charge in [-0.15, -0.1) is 0 Å². The maximum absolute atomic E-state index is 12.9. The second-order valence-corrected chi connectivity index (χ2v) is 17.0. The number of carbonyl (C=O) groups is 1. The van der Waals surface area contributed by atoms with E-state index in [1.807, 2.05) is 0 Å². The normalized spacial score (nSPS) is 20.6. The maximum atomic E-state index is 12.9. The first-order valence-electron chi connectivity index (χ1n) is 23.7. The first-order valence-corrected chi connectivity index (χ1v) is 25.1. The fourth-order valence-electron chi connectivity index (χ4n) is 6.75. The molecule has 0 aromatic rings. The first kappa shape index (κ1) is 57.6. The highest BCUT2D eigenvalue weighted by Gasteiger charge is 2.48. The Morgan fingerprint density at radius 3 is 1.65 bits per heavy atom. The second kappa shape index (κ2) is 40.1. The molecule has 4 N–H and O–H groups in total. The van der Waals surface area contributed by atoms with Crippen molar-refractivity contribution in [2.45, 2.75) is 205 Å². The van der Waals surface area contributed by atoms with Crippen molar-refractivity contribution in [2.24, 2.45) is 0 Å². The molecular weight excluding hydrogens is 813 g/mol. The lowest BCUT2D eigenvalue weighted by atomic mass is 9.99. The molecule has 0 amide bonds. The van der Waals surface area contributed by atoms with Gasteiger partial charge in [0.15, 0.2) is 6.29 Å². The number of unbranched alkanes of at least 4 members (excludes halogenated alkanes) is 15. The van der Waals surface area contributed by atoms with E-state index in [0.29, 0.717) is 13.0 Å². The van der Waals surface area contributed by atoms with Crippen LogP contribution in [-0.2, 0) is 38.3 Å². The molecule has 1 heterocycles. The molecule has 62 heavy (non-hydrogen) atoms. The summed E-state index contributed by atoms with van der Waals surface area (Å²) in [6.07, 6.45) is 42.1. The highest BCUT2D eigenvalue weighted by Crippen LogP contribution is 2.26. The van der Waals surface area contributed by atoms with Gasteiger partial charge >= 0.3 is 16.4 Å². The van der Waals surface area contributed by atoms with Crippen molar-refractivity contribution in [3.8, 4) is 0 Å². The number of rotatable bonds is 40. The van der Waals surface area contributed by atoms with E-state index >= 15 is 0 Å². The van der Waals surface area contributed by atoms with Gasteiger partial charge in [-0.1, -0.05) is 151 Å². The number of ether oxygens (including phenoxy) is 4. The second-order valence-electron chi connectivity index (χ2n) is 16.0. The largest absolute Gasteiger partial charge is 0.457 e. The van der Waals surface area contributed by atoms with Crippen molar-refractivity contribution in [3.05, 3.63) is 72.9 Å². The molecule has 0 spiro atoms. The smallest absolute Gasteiger partial charge is 0.397 e. The van der Waals surface area contributed by atoms with Gasteiger partial charge in [-0.05, 0) is 83.5 Å². The Morgan fingerprint density at radius 2 is 1.11 bits per heavy atom. The summed E-state index contributed by atoms with van der Waals surface area (Å²) in [6.45, 7) is 3.81. The molecule has 1 fully saturated rings. The van der Waals surface area contributed by atoms with Gasteiger partial charge < -0.3 is 34.3 Å². The van der Waals surface area contributed by atoms with E-state index in [1.165, 1.54) is 44.9 Å². The van der Waals surface area contributed by atoms with Gasteiger partial charge in [0.2, 0.25) is 0 Å². The van der Waals surface area contributed by atoms with Crippen LogP contribution in [0.4, 0.5) is 0 Å². The summed E-state index contributed by atoms with van der Waals surface area (Å²) in [5.74, 6) is -0.423. The Kier molecular flexibility index (Phi) is 37.2. The van der Waals surface area contributed by atoms with Crippen molar-refractivity contribution in [3.63, 3.8) is 0 Å². The minimum Gasteiger partial charge on any atom is -0.457 e. The van der Waals surface area contributed by atoms with Gasteiger partial charge in [-0.25, -0.2) is 4.18 Å². The lowest BCUT2D eigenvalue weighted by Gasteiger charge is -2.41. The molecule has 1 aliphatic heterocycles. The zero-order chi connectivity index (χ0) is 45.4. The van der Waals surface area contributed by atoms with Crippen molar-refractivity contribution in [1.82, 2.24) is 0 Å². The van der Waals surface area contributed by atoms with Gasteiger partial charge in [0.1, 0.15) is 30.5 Å². The fraction of sp³-hybridized carbons (Fsp3) is 0.735. The van der Waals surface area contributed by atoms with Gasteiger partial charge in [-0.3, -0.25) is 9.35 Å². The molecule has 1 rings (SSSR count). The molecule has 12 nitrogen and oxygen atoms in total. The minimum absolute atomic E-state index is 0.0200. The van der Waals surface area contributed by atoms with Crippen LogP contribution in [0.25, 0.3) is 0 Å². The van der Waals surface area contributed by atoms with Gasteiger partial charge in [-0.2, -0.15) is 8.42 Å². The number of aliphatic hydroxyl groups is 3. The number of hydrogen-bond acceptors (Lipinski definition) is 11. The zero-order valence-electron chi connectivity index (χ0n) is 38.2. The summed E-state index contributed by atoms with van der Waals surface area (Å²) in [5.41, 5.74) is 0. The topological polar surface area (TPSA) is 178 Å². The van der Waals surface area contributed by atoms with Crippen LogP contribution in [0.15, 0.2) is 72.9 Å². The molecule has 6 atom stereocenters. The molecule has 6 unspecified atom stereocenters. The summed E-state index contributed by atoms with van der Waals surface area (Å²) < 4.78 is 59.1. The van der Waals surface area contributed by atoms with Crippen LogP contribution in [0.3, 0.4) is 0 Å². The van der Waals surface area contributed by atoms with E-state index in [9.17, 15) is 28.5 Å². The number of hydrogen-bond donors (Lipinski definition) is 4. The lowest BCUT2D eigenvalue weighted by Crippen LogP contribution is -2.60.